The van der Waals surface area contributed by atoms with Gasteiger partial charge in [0.2, 0.25) is 0 Å². The highest BCUT2D eigenvalue weighted by molar-refractivity contribution is 6.22. The van der Waals surface area contributed by atoms with E-state index in [0.717, 1.165) is 44.0 Å². The van der Waals surface area contributed by atoms with E-state index in [2.05, 4.69) is 146 Å². The van der Waals surface area contributed by atoms with Crippen molar-refractivity contribution in [3.63, 3.8) is 0 Å². The first-order valence-corrected chi connectivity index (χ1v) is 15.7. The van der Waals surface area contributed by atoms with Gasteiger partial charge in [0.1, 0.15) is 16.7 Å². The maximum Gasteiger partial charge on any atom is 0.139 e. The average Bonchev–Trinajstić information content (AvgIpc) is 3.69. The summed E-state index contributed by atoms with van der Waals surface area (Å²) < 4.78 is 12.7. The van der Waals surface area contributed by atoms with Crippen LogP contribution in [0.4, 0.5) is 0 Å². The van der Waals surface area contributed by atoms with Gasteiger partial charge in [-0.3, -0.25) is 0 Å². The molecule has 46 heavy (non-hydrogen) atoms. The molecule has 0 aliphatic heterocycles. The van der Waals surface area contributed by atoms with Crippen LogP contribution in [0.3, 0.4) is 0 Å². The van der Waals surface area contributed by atoms with Crippen molar-refractivity contribution in [2.75, 3.05) is 0 Å². The predicted octanol–water partition coefficient (Wildman–Crippen LogP) is 12.8. The second-order valence-electron chi connectivity index (χ2n) is 12.0. The molecule has 10 aromatic rings. The van der Waals surface area contributed by atoms with Crippen LogP contribution >= 0.6 is 0 Å². The van der Waals surface area contributed by atoms with Gasteiger partial charge >= 0.3 is 0 Å². The van der Waals surface area contributed by atoms with E-state index in [1.54, 1.807) is 0 Å². The number of furan rings is 2. The summed E-state index contributed by atoms with van der Waals surface area (Å²) in [5, 5.41) is 10.7. The third-order valence-electron chi connectivity index (χ3n) is 9.53. The summed E-state index contributed by atoms with van der Waals surface area (Å²) in [5.41, 5.74) is 9.63. The third kappa shape index (κ3) is 3.65. The quantitative estimate of drug-likeness (QED) is 0.193. The molecule has 0 aliphatic carbocycles. The van der Waals surface area contributed by atoms with Gasteiger partial charge in [-0.2, -0.15) is 0 Å². The van der Waals surface area contributed by atoms with E-state index in [-0.39, 0.29) is 0 Å². The van der Waals surface area contributed by atoms with Crippen molar-refractivity contribution in [1.29, 1.82) is 0 Å². The van der Waals surface area contributed by atoms with Gasteiger partial charge in [0.15, 0.2) is 0 Å². The van der Waals surface area contributed by atoms with E-state index < -0.39 is 0 Å². The van der Waals surface area contributed by atoms with Crippen molar-refractivity contribution in [1.82, 2.24) is 0 Å². The highest BCUT2D eigenvalue weighted by atomic mass is 16.3. The summed E-state index contributed by atoms with van der Waals surface area (Å²) in [6.07, 6.45) is 1.88. The van der Waals surface area contributed by atoms with E-state index in [9.17, 15) is 0 Å². The molecule has 2 aromatic heterocycles. The summed E-state index contributed by atoms with van der Waals surface area (Å²) in [5.74, 6) is 0. The van der Waals surface area contributed by atoms with E-state index in [1.165, 1.54) is 54.6 Å². The molecule has 214 valence electrons. The van der Waals surface area contributed by atoms with Crippen molar-refractivity contribution in [2.24, 2.45) is 0 Å². The lowest BCUT2D eigenvalue weighted by atomic mass is 9.86. The van der Waals surface area contributed by atoms with Gasteiger partial charge in [-0.15, -0.1) is 0 Å². The molecule has 0 saturated carbocycles. The topological polar surface area (TPSA) is 26.3 Å². The van der Waals surface area contributed by atoms with Crippen LogP contribution in [-0.2, 0) is 0 Å². The largest absolute Gasteiger partial charge is 0.464 e. The maximum absolute atomic E-state index is 6.57. The summed E-state index contributed by atoms with van der Waals surface area (Å²) >= 11 is 0. The Bertz CT molecular complexity index is 2740. The zero-order valence-electron chi connectivity index (χ0n) is 24.8. The van der Waals surface area contributed by atoms with Crippen LogP contribution in [0.2, 0.25) is 0 Å². The fourth-order valence-corrected chi connectivity index (χ4v) is 7.48. The molecular weight excluding hydrogens is 560 g/mol. The fourth-order valence-electron chi connectivity index (χ4n) is 7.48. The highest BCUT2D eigenvalue weighted by Gasteiger charge is 2.19. The van der Waals surface area contributed by atoms with E-state index >= 15 is 0 Å². The smallest absolute Gasteiger partial charge is 0.139 e. The Balaban J connectivity index is 1.20. The van der Waals surface area contributed by atoms with Gasteiger partial charge in [-0.25, -0.2) is 0 Å². The summed E-state index contributed by atoms with van der Waals surface area (Å²) in [6, 6.07) is 54.1. The average molecular weight is 587 g/mol. The highest BCUT2D eigenvalue weighted by Crippen LogP contribution is 2.45. The molecule has 2 heteroatoms. The molecule has 2 heterocycles. The lowest BCUT2D eigenvalue weighted by molar-refractivity contribution is 0.614. The Morgan fingerprint density at radius 2 is 0.935 bits per heavy atom. The SMILES string of the molecule is c1ccc(-c2c3ccccc3c(-c3ccc4c(c3)oc3cc5occ(-c6cccc7ccccc67)c5cc34)c3ccccc23)cc1. The van der Waals surface area contributed by atoms with Crippen molar-refractivity contribution in [3.8, 4) is 33.4 Å². The van der Waals surface area contributed by atoms with Crippen LogP contribution in [0, 0.1) is 0 Å². The van der Waals surface area contributed by atoms with Crippen molar-refractivity contribution in [2.45, 2.75) is 0 Å². The molecule has 0 atom stereocenters. The van der Waals surface area contributed by atoms with E-state index in [4.69, 9.17) is 8.83 Å². The van der Waals surface area contributed by atoms with Crippen LogP contribution in [-0.4, -0.2) is 0 Å². The van der Waals surface area contributed by atoms with Gasteiger partial charge in [-0.05, 0) is 78.3 Å². The molecule has 0 radical (unpaired) electrons. The molecule has 0 aliphatic rings. The van der Waals surface area contributed by atoms with Gasteiger partial charge in [0.25, 0.3) is 0 Å². The van der Waals surface area contributed by atoms with Crippen LogP contribution in [0.5, 0.6) is 0 Å². The minimum Gasteiger partial charge on any atom is -0.464 e. The first-order valence-electron chi connectivity index (χ1n) is 15.7. The minimum absolute atomic E-state index is 0.822. The first-order chi connectivity index (χ1) is 22.8. The zero-order valence-corrected chi connectivity index (χ0v) is 24.8. The van der Waals surface area contributed by atoms with Crippen LogP contribution in [0.15, 0.2) is 167 Å². The van der Waals surface area contributed by atoms with Crippen LogP contribution in [0.25, 0.3) is 98.6 Å². The minimum atomic E-state index is 0.822. The Kier molecular flexibility index (Phi) is 5.31. The number of fused-ring (bicyclic) bond motifs is 7. The zero-order chi connectivity index (χ0) is 30.2. The lowest BCUT2D eigenvalue weighted by Gasteiger charge is -2.17. The molecule has 0 N–H and O–H groups in total. The molecule has 0 spiro atoms. The van der Waals surface area contributed by atoms with Crippen LogP contribution in [0.1, 0.15) is 0 Å². The van der Waals surface area contributed by atoms with Gasteiger partial charge in [0.05, 0.1) is 6.26 Å². The number of hydrogen-bond donors (Lipinski definition) is 0. The van der Waals surface area contributed by atoms with Crippen LogP contribution < -0.4 is 0 Å². The monoisotopic (exact) mass is 586 g/mol. The molecule has 0 saturated heterocycles. The van der Waals surface area contributed by atoms with Gasteiger partial charge < -0.3 is 8.83 Å². The van der Waals surface area contributed by atoms with Gasteiger partial charge in [0, 0.05) is 27.8 Å². The van der Waals surface area contributed by atoms with Crippen molar-refractivity contribution < 1.29 is 8.83 Å². The molecule has 0 unspecified atom stereocenters. The molecular formula is C44H26O2. The molecule has 2 nitrogen and oxygen atoms in total. The number of rotatable bonds is 3. The van der Waals surface area contributed by atoms with Crippen molar-refractivity contribution in [3.05, 3.63) is 158 Å². The molecule has 10 rings (SSSR count). The first kappa shape index (κ1) is 25.2. The predicted molar refractivity (Wildman–Crippen MR) is 192 cm³/mol. The Labute approximate surface area is 264 Å². The Morgan fingerprint density at radius 1 is 0.326 bits per heavy atom. The van der Waals surface area contributed by atoms with E-state index in [0.29, 0.717) is 0 Å². The molecule has 8 aromatic carbocycles. The Morgan fingerprint density at radius 3 is 1.67 bits per heavy atom. The second-order valence-corrected chi connectivity index (χ2v) is 12.0. The number of hydrogen-bond acceptors (Lipinski definition) is 2. The van der Waals surface area contributed by atoms with Crippen molar-refractivity contribution >= 4 is 65.2 Å². The second kappa shape index (κ2) is 9.69. The Hall–Kier alpha value is -6.12. The lowest BCUT2D eigenvalue weighted by Crippen LogP contribution is -1.90. The summed E-state index contributed by atoms with van der Waals surface area (Å²) in [4.78, 5) is 0. The van der Waals surface area contributed by atoms with Gasteiger partial charge in [-0.1, -0.05) is 127 Å². The van der Waals surface area contributed by atoms with E-state index in [1.807, 2.05) is 12.3 Å². The summed E-state index contributed by atoms with van der Waals surface area (Å²) in [6.45, 7) is 0. The molecule has 0 bridgehead atoms. The molecule has 0 fully saturated rings. The fraction of sp³-hybridized carbons (Fsp3) is 0. The third-order valence-corrected chi connectivity index (χ3v) is 9.53. The maximum atomic E-state index is 6.57. The standard InChI is InChI=1S/C44H26O2/c1-2-12-28(13-3-1)43-33-16-6-8-18-35(33)44(36-19-9-7-17-34(36)43)29-21-22-32-37-24-38-39(26-45-40(38)25-42(37)46-41(32)23-29)31-20-10-14-27-11-4-5-15-30(27)31/h1-26H. The normalized spacial score (nSPS) is 11.9. The number of benzene rings is 8. The molecule has 0 amide bonds. The summed E-state index contributed by atoms with van der Waals surface area (Å²) in [7, 11) is 0.